The summed E-state index contributed by atoms with van der Waals surface area (Å²) in [4.78, 5) is 12.6. The molecule has 2 N–H and O–H groups in total. The van der Waals surface area contributed by atoms with Crippen LogP contribution >= 0.6 is 0 Å². The van der Waals surface area contributed by atoms with E-state index in [0.717, 1.165) is 11.1 Å². The van der Waals surface area contributed by atoms with E-state index in [-0.39, 0.29) is 22.1 Å². The van der Waals surface area contributed by atoms with Gasteiger partial charge in [0.05, 0.1) is 16.1 Å². The van der Waals surface area contributed by atoms with E-state index in [1.165, 1.54) is 0 Å². The van der Waals surface area contributed by atoms with Crippen LogP contribution in [0.15, 0.2) is 47.9 Å². The molecular formula is C20H24N2O3S. The van der Waals surface area contributed by atoms with Crippen molar-refractivity contribution >= 4 is 21.6 Å². The lowest BCUT2D eigenvalue weighted by Gasteiger charge is -2.18. The van der Waals surface area contributed by atoms with Crippen LogP contribution in [0.4, 0.5) is 5.69 Å². The van der Waals surface area contributed by atoms with Gasteiger partial charge in [-0.3, -0.25) is 9.52 Å². The minimum atomic E-state index is -3.85. The van der Waals surface area contributed by atoms with Crippen LogP contribution in [0.25, 0.3) is 0 Å². The summed E-state index contributed by atoms with van der Waals surface area (Å²) in [6.07, 6.45) is 1.56. The molecule has 0 bridgehead atoms. The molecule has 0 heterocycles. The van der Waals surface area contributed by atoms with Crippen molar-refractivity contribution in [2.45, 2.75) is 32.6 Å². The first kappa shape index (κ1) is 19.7. The van der Waals surface area contributed by atoms with Gasteiger partial charge in [-0.25, -0.2) is 8.42 Å². The SMILES string of the molecule is C=CCNC(=O)c1ccccc1NS(=O)(=O)c1c(C)c(C)cc(C)c1C. The Bertz CT molecular complexity index is 937. The number of benzene rings is 2. The van der Waals surface area contributed by atoms with E-state index >= 15 is 0 Å². The van der Waals surface area contributed by atoms with E-state index < -0.39 is 10.0 Å². The number of nitrogens with one attached hydrogen (secondary N) is 2. The van der Waals surface area contributed by atoms with E-state index in [9.17, 15) is 13.2 Å². The van der Waals surface area contributed by atoms with Crippen molar-refractivity contribution in [2.24, 2.45) is 0 Å². The molecule has 5 nitrogen and oxygen atoms in total. The van der Waals surface area contributed by atoms with Gasteiger partial charge in [-0.2, -0.15) is 0 Å². The third-order valence-electron chi connectivity index (χ3n) is 4.39. The molecule has 26 heavy (non-hydrogen) atoms. The van der Waals surface area contributed by atoms with Crippen LogP contribution in [0.2, 0.25) is 0 Å². The molecule has 0 unspecified atom stereocenters. The number of sulfonamides is 1. The molecule has 0 saturated carbocycles. The number of amides is 1. The van der Waals surface area contributed by atoms with Crippen LogP contribution in [0, 0.1) is 27.7 Å². The number of carbonyl (C=O) groups is 1. The molecule has 0 saturated heterocycles. The summed E-state index contributed by atoms with van der Waals surface area (Å²) < 4.78 is 28.7. The fourth-order valence-corrected chi connectivity index (χ4v) is 4.51. The molecule has 0 aliphatic rings. The summed E-state index contributed by atoms with van der Waals surface area (Å²) in [5.41, 5.74) is 3.73. The maximum absolute atomic E-state index is 13.1. The highest BCUT2D eigenvalue weighted by Crippen LogP contribution is 2.28. The number of hydrogen-bond donors (Lipinski definition) is 2. The minimum absolute atomic E-state index is 0.243. The van der Waals surface area contributed by atoms with Crippen LogP contribution in [0.3, 0.4) is 0 Å². The summed E-state index contributed by atoms with van der Waals surface area (Å²) in [6, 6.07) is 8.50. The number of carbonyl (C=O) groups excluding carboxylic acids is 1. The Balaban J connectivity index is 2.50. The van der Waals surface area contributed by atoms with Crippen molar-refractivity contribution in [3.05, 3.63) is 70.8 Å². The lowest BCUT2D eigenvalue weighted by molar-refractivity contribution is 0.0959. The first-order valence-corrected chi connectivity index (χ1v) is 9.75. The number of para-hydroxylation sites is 1. The van der Waals surface area contributed by atoms with Gasteiger partial charge < -0.3 is 5.32 Å². The fourth-order valence-electron chi connectivity index (χ4n) is 2.81. The molecule has 0 atom stereocenters. The van der Waals surface area contributed by atoms with Crippen molar-refractivity contribution in [3.8, 4) is 0 Å². The zero-order chi connectivity index (χ0) is 19.5. The Hall–Kier alpha value is -2.60. The molecule has 2 rings (SSSR count). The molecule has 0 radical (unpaired) electrons. The quantitative estimate of drug-likeness (QED) is 0.760. The van der Waals surface area contributed by atoms with Gasteiger partial charge in [0.25, 0.3) is 15.9 Å². The van der Waals surface area contributed by atoms with Gasteiger partial charge in [0.1, 0.15) is 0 Å². The second-order valence-electron chi connectivity index (χ2n) is 6.24. The van der Waals surface area contributed by atoms with Crippen molar-refractivity contribution in [1.29, 1.82) is 0 Å². The Morgan fingerprint density at radius 3 is 2.23 bits per heavy atom. The lowest BCUT2D eigenvalue weighted by atomic mass is 10.0. The van der Waals surface area contributed by atoms with Gasteiger partial charge in [-0.05, 0) is 62.1 Å². The van der Waals surface area contributed by atoms with Crippen molar-refractivity contribution < 1.29 is 13.2 Å². The van der Waals surface area contributed by atoms with E-state index in [1.54, 1.807) is 44.2 Å². The predicted molar refractivity (Wildman–Crippen MR) is 105 cm³/mol. The molecule has 6 heteroatoms. The predicted octanol–water partition coefficient (Wildman–Crippen LogP) is 3.64. The molecule has 0 aliphatic carbocycles. The summed E-state index contributed by atoms with van der Waals surface area (Å²) in [5.74, 6) is -0.364. The van der Waals surface area contributed by atoms with Crippen molar-refractivity contribution in [1.82, 2.24) is 5.32 Å². The van der Waals surface area contributed by atoms with Gasteiger partial charge in [-0.1, -0.05) is 24.3 Å². The van der Waals surface area contributed by atoms with Crippen molar-refractivity contribution in [2.75, 3.05) is 11.3 Å². The molecular weight excluding hydrogens is 348 g/mol. The molecule has 138 valence electrons. The smallest absolute Gasteiger partial charge is 0.262 e. The summed E-state index contributed by atoms with van der Waals surface area (Å²) in [5, 5.41) is 2.66. The minimum Gasteiger partial charge on any atom is -0.349 e. The molecule has 2 aromatic rings. The number of rotatable bonds is 6. The second kappa shape index (κ2) is 7.74. The van der Waals surface area contributed by atoms with Gasteiger partial charge in [-0.15, -0.1) is 6.58 Å². The highest BCUT2D eigenvalue weighted by molar-refractivity contribution is 7.92. The first-order chi connectivity index (χ1) is 12.2. The zero-order valence-corrected chi connectivity index (χ0v) is 16.3. The monoisotopic (exact) mass is 372 g/mol. The van der Waals surface area contributed by atoms with Gasteiger partial charge >= 0.3 is 0 Å². The number of aryl methyl sites for hydroxylation is 2. The average molecular weight is 372 g/mol. The highest BCUT2D eigenvalue weighted by Gasteiger charge is 2.24. The third-order valence-corrected chi connectivity index (χ3v) is 6.03. The van der Waals surface area contributed by atoms with E-state index in [1.807, 2.05) is 19.9 Å². The van der Waals surface area contributed by atoms with Crippen LogP contribution in [-0.2, 0) is 10.0 Å². The highest BCUT2D eigenvalue weighted by atomic mass is 32.2. The van der Waals surface area contributed by atoms with Crippen LogP contribution in [0.1, 0.15) is 32.6 Å². The molecule has 0 spiro atoms. The lowest BCUT2D eigenvalue weighted by Crippen LogP contribution is -2.25. The molecule has 0 aliphatic heterocycles. The van der Waals surface area contributed by atoms with Crippen LogP contribution in [0.5, 0.6) is 0 Å². The normalized spacial score (nSPS) is 11.1. The van der Waals surface area contributed by atoms with Gasteiger partial charge in [0, 0.05) is 6.54 Å². The van der Waals surface area contributed by atoms with E-state index in [4.69, 9.17) is 0 Å². The van der Waals surface area contributed by atoms with E-state index in [0.29, 0.717) is 17.7 Å². The molecule has 2 aromatic carbocycles. The Labute approximate surface area is 155 Å². The first-order valence-electron chi connectivity index (χ1n) is 8.27. The van der Waals surface area contributed by atoms with Gasteiger partial charge in [0.2, 0.25) is 0 Å². The van der Waals surface area contributed by atoms with Gasteiger partial charge in [0.15, 0.2) is 0 Å². The number of anilines is 1. The molecule has 1 amide bonds. The summed E-state index contributed by atoms with van der Waals surface area (Å²) in [6.45, 7) is 11.2. The summed E-state index contributed by atoms with van der Waals surface area (Å²) >= 11 is 0. The summed E-state index contributed by atoms with van der Waals surface area (Å²) in [7, 11) is -3.85. The van der Waals surface area contributed by atoms with Crippen molar-refractivity contribution in [3.63, 3.8) is 0 Å². The largest absolute Gasteiger partial charge is 0.349 e. The average Bonchev–Trinajstić information content (AvgIpc) is 2.58. The fraction of sp³-hybridized carbons (Fsp3) is 0.250. The number of hydrogen-bond acceptors (Lipinski definition) is 3. The Morgan fingerprint density at radius 2 is 1.65 bits per heavy atom. The Kier molecular flexibility index (Phi) is 5.87. The maximum atomic E-state index is 13.1. The topological polar surface area (TPSA) is 75.3 Å². The zero-order valence-electron chi connectivity index (χ0n) is 15.5. The standard InChI is InChI=1S/C20H24N2O3S/c1-6-11-21-20(23)17-9-7-8-10-18(17)22-26(24,25)19-15(4)13(2)12-14(3)16(19)5/h6-10,12,22H,1,11H2,2-5H3,(H,21,23). The van der Waals surface area contributed by atoms with Crippen LogP contribution < -0.4 is 10.0 Å². The second-order valence-corrected chi connectivity index (χ2v) is 7.86. The third kappa shape index (κ3) is 3.96. The molecule has 0 aromatic heterocycles. The Morgan fingerprint density at radius 1 is 1.08 bits per heavy atom. The maximum Gasteiger partial charge on any atom is 0.262 e. The van der Waals surface area contributed by atoms with E-state index in [2.05, 4.69) is 16.6 Å². The van der Waals surface area contributed by atoms with Crippen LogP contribution in [-0.4, -0.2) is 20.9 Å². The molecule has 0 fully saturated rings.